The van der Waals surface area contributed by atoms with Crippen molar-refractivity contribution >= 4 is 5.71 Å². The lowest BCUT2D eigenvalue weighted by atomic mass is 9.92. The van der Waals surface area contributed by atoms with E-state index >= 15 is 0 Å². The quantitative estimate of drug-likeness (QED) is 0.676. The van der Waals surface area contributed by atoms with Gasteiger partial charge in [0.15, 0.2) is 0 Å². The van der Waals surface area contributed by atoms with Crippen molar-refractivity contribution in [1.82, 2.24) is 5.32 Å². The van der Waals surface area contributed by atoms with Gasteiger partial charge in [0.05, 0.1) is 5.71 Å². The Labute approximate surface area is 83.9 Å². The van der Waals surface area contributed by atoms with E-state index in [0.29, 0.717) is 5.41 Å². The Morgan fingerprint density at radius 1 is 1.36 bits per heavy atom. The molecule has 4 rings (SSSR count). The number of nitrogens with one attached hydrogen (secondary N) is 1. The second kappa shape index (κ2) is 2.01. The van der Waals surface area contributed by atoms with E-state index in [1.807, 2.05) is 0 Å². The maximum atomic E-state index is 5.56. The normalized spacial score (nSPS) is 51.4. The third-order valence-electron chi connectivity index (χ3n) is 4.91. The van der Waals surface area contributed by atoms with Crippen LogP contribution in [0.2, 0.25) is 0 Å². The van der Waals surface area contributed by atoms with Crippen molar-refractivity contribution < 1.29 is 4.84 Å². The molecule has 1 unspecified atom stereocenters. The standard InChI is InChI=1S/C11H16N2O/c1-10(7-5-12-6-8(7)10)9-4-11(2-3-11)14-13-9/h7-8,12H,2-6H2,1H3/t7-,8+,10?. The van der Waals surface area contributed by atoms with Gasteiger partial charge < -0.3 is 10.2 Å². The SMILES string of the molecule is CC1(C2=NOC3(CC3)C2)[C@@H]2CNC[C@@H]21. The van der Waals surface area contributed by atoms with Crippen molar-refractivity contribution in [2.24, 2.45) is 22.4 Å². The fourth-order valence-corrected chi connectivity index (χ4v) is 3.45. The highest BCUT2D eigenvalue weighted by atomic mass is 16.7. The number of rotatable bonds is 1. The Bertz CT molecular complexity index is 322. The smallest absolute Gasteiger partial charge is 0.143 e. The Morgan fingerprint density at radius 2 is 2.07 bits per heavy atom. The molecule has 3 nitrogen and oxygen atoms in total. The first-order valence-corrected chi connectivity index (χ1v) is 5.71. The third-order valence-corrected chi connectivity index (χ3v) is 4.91. The van der Waals surface area contributed by atoms with Crippen molar-refractivity contribution in [2.45, 2.75) is 31.8 Å². The van der Waals surface area contributed by atoms with Gasteiger partial charge in [0.1, 0.15) is 5.60 Å². The van der Waals surface area contributed by atoms with Crippen molar-refractivity contribution in [1.29, 1.82) is 0 Å². The summed E-state index contributed by atoms with van der Waals surface area (Å²) in [5.41, 5.74) is 1.95. The van der Waals surface area contributed by atoms with E-state index < -0.39 is 0 Å². The molecule has 14 heavy (non-hydrogen) atoms. The molecule has 2 saturated carbocycles. The van der Waals surface area contributed by atoms with Crippen LogP contribution in [-0.4, -0.2) is 24.4 Å². The summed E-state index contributed by atoms with van der Waals surface area (Å²) in [6.45, 7) is 4.76. The van der Waals surface area contributed by atoms with Gasteiger partial charge in [-0.25, -0.2) is 0 Å². The lowest BCUT2D eigenvalue weighted by molar-refractivity contribution is 0.0650. The monoisotopic (exact) mass is 192 g/mol. The van der Waals surface area contributed by atoms with Crippen LogP contribution in [0.1, 0.15) is 26.2 Å². The highest BCUT2D eigenvalue weighted by molar-refractivity contribution is 5.95. The number of fused-ring (bicyclic) bond motifs is 1. The number of hydrogen-bond donors (Lipinski definition) is 1. The van der Waals surface area contributed by atoms with Gasteiger partial charge in [-0.05, 0) is 37.8 Å². The van der Waals surface area contributed by atoms with Gasteiger partial charge in [-0.3, -0.25) is 0 Å². The average Bonchev–Trinajstić information content (AvgIpc) is 2.86. The fourth-order valence-electron chi connectivity index (χ4n) is 3.45. The molecule has 4 aliphatic rings. The summed E-state index contributed by atoms with van der Waals surface area (Å²) in [4.78, 5) is 5.56. The van der Waals surface area contributed by atoms with Crippen molar-refractivity contribution in [3.05, 3.63) is 0 Å². The fraction of sp³-hybridized carbons (Fsp3) is 0.909. The lowest BCUT2D eigenvalue weighted by Gasteiger charge is -2.14. The zero-order valence-corrected chi connectivity index (χ0v) is 8.55. The first-order valence-electron chi connectivity index (χ1n) is 5.71. The molecule has 3 fully saturated rings. The maximum Gasteiger partial charge on any atom is 0.143 e. The van der Waals surface area contributed by atoms with Gasteiger partial charge >= 0.3 is 0 Å². The topological polar surface area (TPSA) is 33.6 Å². The van der Waals surface area contributed by atoms with Gasteiger partial charge in [0.2, 0.25) is 0 Å². The molecule has 2 heterocycles. The van der Waals surface area contributed by atoms with Gasteiger partial charge in [-0.1, -0.05) is 12.1 Å². The molecule has 1 N–H and O–H groups in total. The summed E-state index contributed by atoms with van der Waals surface area (Å²) >= 11 is 0. The molecule has 0 aromatic rings. The predicted molar refractivity (Wildman–Crippen MR) is 53.1 cm³/mol. The van der Waals surface area contributed by atoms with Crippen molar-refractivity contribution in [3.8, 4) is 0 Å². The molecule has 0 amide bonds. The van der Waals surface area contributed by atoms with E-state index in [0.717, 1.165) is 18.3 Å². The van der Waals surface area contributed by atoms with E-state index in [4.69, 9.17) is 4.84 Å². The molecule has 1 saturated heterocycles. The summed E-state index contributed by atoms with van der Waals surface area (Å²) < 4.78 is 0. The zero-order chi connectivity index (χ0) is 9.39. The van der Waals surface area contributed by atoms with E-state index in [1.165, 1.54) is 31.6 Å². The van der Waals surface area contributed by atoms with E-state index in [-0.39, 0.29) is 5.60 Å². The molecule has 0 radical (unpaired) electrons. The Hall–Kier alpha value is -0.570. The first kappa shape index (κ1) is 7.69. The van der Waals surface area contributed by atoms with Crippen LogP contribution in [0.25, 0.3) is 0 Å². The minimum atomic E-state index is 0.183. The van der Waals surface area contributed by atoms with Crippen LogP contribution >= 0.6 is 0 Å². The van der Waals surface area contributed by atoms with Gasteiger partial charge in [-0.2, -0.15) is 0 Å². The average molecular weight is 192 g/mol. The second-order valence-corrected chi connectivity index (χ2v) is 5.64. The molecule has 3 atom stereocenters. The first-order chi connectivity index (χ1) is 6.75. The summed E-state index contributed by atoms with van der Waals surface area (Å²) in [5, 5.41) is 7.80. The van der Waals surface area contributed by atoms with E-state index in [2.05, 4.69) is 17.4 Å². The lowest BCUT2D eigenvalue weighted by Crippen LogP contribution is -2.26. The van der Waals surface area contributed by atoms with Crippen molar-refractivity contribution in [3.63, 3.8) is 0 Å². The summed E-state index contributed by atoms with van der Waals surface area (Å²) in [5.74, 6) is 1.69. The van der Waals surface area contributed by atoms with Crippen LogP contribution in [-0.2, 0) is 4.84 Å². The second-order valence-electron chi connectivity index (χ2n) is 5.64. The number of piperidine rings is 1. The molecular formula is C11H16N2O. The molecular weight excluding hydrogens is 176 g/mol. The molecule has 2 aliphatic carbocycles. The summed E-state index contributed by atoms with van der Waals surface area (Å²) in [7, 11) is 0. The molecule has 0 aromatic heterocycles. The van der Waals surface area contributed by atoms with Crippen LogP contribution in [0.5, 0.6) is 0 Å². The molecule has 2 aliphatic heterocycles. The molecule has 3 heteroatoms. The minimum Gasteiger partial charge on any atom is -0.389 e. The maximum absolute atomic E-state index is 5.56. The van der Waals surface area contributed by atoms with Crippen LogP contribution in [0, 0.1) is 17.3 Å². The highest BCUT2D eigenvalue weighted by Crippen LogP contribution is 2.64. The van der Waals surface area contributed by atoms with Crippen LogP contribution in [0.4, 0.5) is 0 Å². The number of nitrogens with zero attached hydrogens (tertiary/aromatic N) is 1. The predicted octanol–water partition coefficient (Wildman–Crippen LogP) is 1.15. The van der Waals surface area contributed by atoms with Gasteiger partial charge in [0, 0.05) is 11.8 Å². The zero-order valence-electron chi connectivity index (χ0n) is 8.55. The van der Waals surface area contributed by atoms with Gasteiger partial charge in [0.25, 0.3) is 0 Å². The van der Waals surface area contributed by atoms with Crippen LogP contribution < -0.4 is 5.32 Å². The Kier molecular flexibility index (Phi) is 1.10. The van der Waals surface area contributed by atoms with E-state index in [9.17, 15) is 0 Å². The molecule has 0 aromatic carbocycles. The summed E-state index contributed by atoms with van der Waals surface area (Å²) in [6.07, 6.45) is 3.57. The highest BCUT2D eigenvalue weighted by Gasteiger charge is 2.68. The summed E-state index contributed by atoms with van der Waals surface area (Å²) in [6, 6.07) is 0. The van der Waals surface area contributed by atoms with E-state index in [1.54, 1.807) is 0 Å². The number of hydrogen-bond acceptors (Lipinski definition) is 3. The Balaban J connectivity index is 1.60. The van der Waals surface area contributed by atoms with Crippen molar-refractivity contribution in [2.75, 3.05) is 13.1 Å². The Morgan fingerprint density at radius 3 is 2.64 bits per heavy atom. The van der Waals surface area contributed by atoms with Crippen LogP contribution in [0.3, 0.4) is 0 Å². The molecule has 1 spiro atoms. The largest absolute Gasteiger partial charge is 0.389 e. The number of oxime groups is 1. The van der Waals surface area contributed by atoms with Crippen LogP contribution in [0.15, 0.2) is 5.16 Å². The third kappa shape index (κ3) is 0.724. The molecule has 76 valence electrons. The minimum absolute atomic E-state index is 0.183. The molecule has 0 bridgehead atoms. The van der Waals surface area contributed by atoms with Gasteiger partial charge in [-0.15, -0.1) is 0 Å².